The molecule has 0 aromatic carbocycles. The Labute approximate surface area is 146 Å². The van der Waals surface area contributed by atoms with Gasteiger partial charge in [-0.3, -0.25) is 9.78 Å². The molecule has 0 saturated carbocycles. The minimum atomic E-state index is -0.270. The van der Waals surface area contributed by atoms with Gasteiger partial charge in [-0.25, -0.2) is 0 Å². The Bertz CT molecular complexity index is 720. The van der Waals surface area contributed by atoms with E-state index in [4.69, 9.17) is 9.47 Å². The zero-order valence-electron chi connectivity index (χ0n) is 13.9. The summed E-state index contributed by atoms with van der Waals surface area (Å²) < 4.78 is 12.0. The van der Waals surface area contributed by atoms with Crippen LogP contribution in [-0.2, 0) is 16.1 Å². The number of rotatable bonds is 4. The summed E-state index contributed by atoms with van der Waals surface area (Å²) in [5, 5.41) is 7.47. The molecule has 0 aliphatic carbocycles. The summed E-state index contributed by atoms with van der Waals surface area (Å²) in [6, 6.07) is 5.60. The molecular weight excluding hydrogens is 320 g/mol. The van der Waals surface area contributed by atoms with Crippen molar-refractivity contribution < 1.29 is 14.3 Å². The van der Waals surface area contributed by atoms with Crippen LogP contribution in [0.15, 0.2) is 43.0 Å². The van der Waals surface area contributed by atoms with E-state index in [1.165, 1.54) is 12.4 Å². The molecule has 130 valence electrons. The van der Waals surface area contributed by atoms with Crippen molar-refractivity contribution in [1.82, 2.24) is 20.1 Å². The average molecular weight is 340 g/mol. The first-order valence-corrected chi connectivity index (χ1v) is 8.45. The van der Waals surface area contributed by atoms with Crippen LogP contribution in [0, 0.1) is 0 Å². The fraction of sp³-hybridized carbons (Fsp3) is 0.444. The second-order valence-corrected chi connectivity index (χ2v) is 6.61. The van der Waals surface area contributed by atoms with Crippen molar-refractivity contribution in [3.05, 3.63) is 54.1 Å². The highest BCUT2D eigenvalue weighted by atomic mass is 16.5. The van der Waals surface area contributed by atoms with Gasteiger partial charge in [0.1, 0.15) is 5.60 Å². The van der Waals surface area contributed by atoms with Crippen molar-refractivity contribution in [2.45, 2.75) is 31.2 Å². The lowest BCUT2D eigenvalue weighted by molar-refractivity contribution is -0.188. The third-order valence-corrected chi connectivity index (χ3v) is 4.73. The number of nitrogens with zero attached hydrogens (tertiary/aromatic N) is 4. The van der Waals surface area contributed by atoms with E-state index in [2.05, 4.69) is 15.2 Å². The Balaban J connectivity index is 1.31. The summed E-state index contributed by atoms with van der Waals surface area (Å²) in [7, 11) is 0. The van der Waals surface area contributed by atoms with E-state index in [-0.39, 0.29) is 17.6 Å². The van der Waals surface area contributed by atoms with Gasteiger partial charge >= 0.3 is 0 Å². The number of hydrogen-bond acceptors (Lipinski definition) is 6. The number of likely N-dealkylation sites (tertiary alicyclic amines) is 1. The molecule has 7 heteroatoms. The highest BCUT2D eigenvalue weighted by molar-refractivity contribution is 5.94. The quantitative estimate of drug-likeness (QED) is 0.839. The number of hydrogen-bond donors (Lipinski definition) is 0. The van der Waals surface area contributed by atoms with Crippen molar-refractivity contribution in [2.24, 2.45) is 0 Å². The Morgan fingerprint density at radius 2 is 2.20 bits per heavy atom. The molecule has 2 fully saturated rings. The minimum Gasteiger partial charge on any atom is -0.373 e. The van der Waals surface area contributed by atoms with E-state index in [0.717, 1.165) is 18.4 Å². The molecule has 4 heterocycles. The van der Waals surface area contributed by atoms with Crippen LogP contribution >= 0.6 is 0 Å². The Kier molecular flexibility index (Phi) is 4.42. The first-order chi connectivity index (χ1) is 12.2. The first kappa shape index (κ1) is 16.1. The molecular formula is C18H20N4O3. The van der Waals surface area contributed by atoms with E-state index in [1.807, 2.05) is 18.3 Å². The monoisotopic (exact) mass is 340 g/mol. The van der Waals surface area contributed by atoms with Gasteiger partial charge in [-0.15, -0.1) is 0 Å². The highest BCUT2D eigenvalue weighted by Gasteiger charge is 2.49. The molecule has 1 unspecified atom stereocenters. The van der Waals surface area contributed by atoms with E-state index in [1.54, 1.807) is 17.2 Å². The maximum Gasteiger partial charge on any atom is 0.255 e. The van der Waals surface area contributed by atoms with Gasteiger partial charge in [0.25, 0.3) is 5.91 Å². The number of carbonyl (C=O) groups is 1. The van der Waals surface area contributed by atoms with E-state index in [0.29, 0.717) is 31.9 Å². The second kappa shape index (κ2) is 6.85. The lowest BCUT2D eigenvalue weighted by atomic mass is 9.84. The molecule has 25 heavy (non-hydrogen) atoms. The normalized spacial score (nSPS) is 21.8. The number of ether oxygens (including phenoxy) is 2. The van der Waals surface area contributed by atoms with Crippen LogP contribution in [-0.4, -0.2) is 57.4 Å². The fourth-order valence-corrected chi connectivity index (χ4v) is 3.44. The van der Waals surface area contributed by atoms with Gasteiger partial charge in [-0.1, -0.05) is 6.07 Å². The maximum atomic E-state index is 12.4. The molecule has 0 radical (unpaired) electrons. The molecule has 7 nitrogen and oxygen atoms in total. The van der Waals surface area contributed by atoms with Gasteiger partial charge in [-0.05, 0) is 24.1 Å². The van der Waals surface area contributed by atoms with Gasteiger partial charge in [0, 0.05) is 25.4 Å². The van der Waals surface area contributed by atoms with Gasteiger partial charge in [0.15, 0.2) is 0 Å². The van der Waals surface area contributed by atoms with Crippen molar-refractivity contribution in [3.63, 3.8) is 0 Å². The van der Waals surface area contributed by atoms with Gasteiger partial charge in [-0.2, -0.15) is 10.2 Å². The van der Waals surface area contributed by atoms with E-state index >= 15 is 0 Å². The van der Waals surface area contributed by atoms with Crippen LogP contribution in [0.25, 0.3) is 0 Å². The smallest absolute Gasteiger partial charge is 0.255 e. The van der Waals surface area contributed by atoms with Crippen LogP contribution in [0.1, 0.15) is 28.8 Å². The molecule has 2 saturated heterocycles. The molecule has 0 bridgehead atoms. The SMILES string of the molecule is O=C(c1ccnnc1)N1CC2(CC(OCc3cccnc3)CCO2)C1. The lowest BCUT2D eigenvalue weighted by Gasteiger charge is -2.53. The van der Waals surface area contributed by atoms with Gasteiger partial charge in [0.2, 0.25) is 0 Å². The zero-order chi connectivity index (χ0) is 17.1. The predicted molar refractivity (Wildman–Crippen MR) is 88.7 cm³/mol. The molecule has 1 spiro atoms. The Morgan fingerprint density at radius 1 is 1.28 bits per heavy atom. The van der Waals surface area contributed by atoms with E-state index < -0.39 is 0 Å². The summed E-state index contributed by atoms with van der Waals surface area (Å²) in [5.74, 6) is -0.0254. The van der Waals surface area contributed by atoms with Crippen molar-refractivity contribution in [1.29, 1.82) is 0 Å². The Morgan fingerprint density at radius 3 is 2.96 bits per heavy atom. The third kappa shape index (κ3) is 3.52. The molecule has 1 atom stereocenters. The van der Waals surface area contributed by atoms with Crippen molar-refractivity contribution in [2.75, 3.05) is 19.7 Å². The lowest BCUT2D eigenvalue weighted by Crippen LogP contribution is -2.67. The fourth-order valence-electron chi connectivity index (χ4n) is 3.44. The molecule has 2 aliphatic rings. The number of aromatic nitrogens is 3. The number of pyridine rings is 1. The minimum absolute atomic E-state index is 0.0254. The molecule has 0 N–H and O–H groups in total. The summed E-state index contributed by atoms with van der Waals surface area (Å²) in [5.41, 5.74) is 1.36. The molecule has 1 amide bonds. The summed E-state index contributed by atoms with van der Waals surface area (Å²) in [4.78, 5) is 18.3. The molecule has 2 aliphatic heterocycles. The third-order valence-electron chi connectivity index (χ3n) is 4.73. The maximum absolute atomic E-state index is 12.4. The van der Waals surface area contributed by atoms with Crippen LogP contribution < -0.4 is 0 Å². The zero-order valence-corrected chi connectivity index (χ0v) is 13.9. The predicted octanol–water partition coefficient (Wildman–Crippen LogP) is 1.46. The largest absolute Gasteiger partial charge is 0.373 e. The van der Waals surface area contributed by atoms with Gasteiger partial charge in [0.05, 0.1) is 43.8 Å². The van der Waals surface area contributed by atoms with Crippen LogP contribution in [0.4, 0.5) is 0 Å². The van der Waals surface area contributed by atoms with Crippen molar-refractivity contribution in [3.8, 4) is 0 Å². The highest BCUT2D eigenvalue weighted by Crippen LogP contribution is 2.36. The van der Waals surface area contributed by atoms with Crippen LogP contribution in [0.2, 0.25) is 0 Å². The van der Waals surface area contributed by atoms with Crippen LogP contribution in [0.5, 0.6) is 0 Å². The van der Waals surface area contributed by atoms with E-state index in [9.17, 15) is 4.79 Å². The first-order valence-electron chi connectivity index (χ1n) is 8.45. The number of carbonyl (C=O) groups excluding carboxylic acids is 1. The van der Waals surface area contributed by atoms with Gasteiger partial charge < -0.3 is 14.4 Å². The standard InChI is InChI=1S/C18H20N4O3/c23-17(15-3-6-20-21-10-15)22-12-18(13-22)8-16(4-7-25-18)24-11-14-2-1-5-19-9-14/h1-3,5-6,9-10,16H,4,7-8,11-13H2. The molecule has 4 rings (SSSR count). The average Bonchev–Trinajstić information content (AvgIpc) is 2.65. The number of amides is 1. The van der Waals surface area contributed by atoms with Crippen molar-refractivity contribution >= 4 is 5.91 Å². The van der Waals surface area contributed by atoms with Crippen LogP contribution in [0.3, 0.4) is 0 Å². The molecule has 2 aromatic rings. The topological polar surface area (TPSA) is 77.4 Å². The summed E-state index contributed by atoms with van der Waals surface area (Å²) in [6.45, 7) is 2.41. The second-order valence-electron chi connectivity index (χ2n) is 6.61. The Hall–Kier alpha value is -2.38. The molecule has 2 aromatic heterocycles. The summed E-state index contributed by atoms with van der Waals surface area (Å²) in [6.07, 6.45) is 8.44. The summed E-state index contributed by atoms with van der Waals surface area (Å²) >= 11 is 0.